The van der Waals surface area contributed by atoms with Gasteiger partial charge in [0.05, 0.1) is 36.3 Å². The molecule has 9 nitrogen and oxygen atoms in total. The van der Waals surface area contributed by atoms with E-state index in [9.17, 15) is 19.5 Å². The van der Waals surface area contributed by atoms with E-state index >= 15 is 0 Å². The maximum Gasteiger partial charge on any atom is 0.317 e. The number of carboxylic acid groups (broad SMARTS) is 1. The molecule has 0 saturated heterocycles. The van der Waals surface area contributed by atoms with Crippen LogP contribution in [0.4, 0.5) is 11.4 Å². The normalized spacial score (nSPS) is 13.3. The first-order valence-corrected chi connectivity index (χ1v) is 12.7. The fourth-order valence-corrected chi connectivity index (χ4v) is 4.51. The Morgan fingerprint density at radius 3 is 2.51 bits per heavy atom. The molecule has 39 heavy (non-hydrogen) atoms. The Kier molecular flexibility index (Phi) is 8.92. The molecular formula is C30H30N4O5. The van der Waals surface area contributed by atoms with Crippen molar-refractivity contribution >= 4 is 29.2 Å². The molecule has 0 fully saturated rings. The second-order valence-corrected chi connectivity index (χ2v) is 9.36. The summed E-state index contributed by atoms with van der Waals surface area (Å²) in [5, 5.41) is 21.2. The van der Waals surface area contributed by atoms with E-state index in [0.29, 0.717) is 42.2 Å². The van der Waals surface area contributed by atoms with E-state index in [4.69, 9.17) is 10.00 Å². The van der Waals surface area contributed by atoms with Gasteiger partial charge in [-0.2, -0.15) is 5.26 Å². The summed E-state index contributed by atoms with van der Waals surface area (Å²) in [6, 6.07) is 23.9. The van der Waals surface area contributed by atoms with Crippen molar-refractivity contribution in [3.8, 4) is 11.8 Å². The number of nitriles is 1. The molecule has 1 aliphatic heterocycles. The highest BCUT2D eigenvalue weighted by atomic mass is 16.5. The van der Waals surface area contributed by atoms with Gasteiger partial charge >= 0.3 is 5.97 Å². The van der Waals surface area contributed by atoms with Crippen molar-refractivity contribution in [2.45, 2.75) is 19.9 Å². The Labute approximate surface area is 227 Å². The zero-order chi connectivity index (χ0) is 27.8. The molecule has 2 amide bonds. The van der Waals surface area contributed by atoms with E-state index < -0.39 is 11.9 Å². The van der Waals surface area contributed by atoms with Gasteiger partial charge in [-0.05, 0) is 48.4 Å². The third-order valence-corrected chi connectivity index (χ3v) is 6.57. The molecule has 0 aromatic heterocycles. The van der Waals surface area contributed by atoms with E-state index in [-0.39, 0.29) is 31.5 Å². The maximum absolute atomic E-state index is 13.4. The first-order chi connectivity index (χ1) is 18.9. The lowest BCUT2D eigenvalue weighted by Crippen LogP contribution is -2.39. The molecule has 1 heterocycles. The van der Waals surface area contributed by atoms with Gasteiger partial charge < -0.3 is 20.1 Å². The lowest BCUT2D eigenvalue weighted by molar-refractivity contribution is -0.139. The summed E-state index contributed by atoms with van der Waals surface area (Å²) in [5.74, 6) is -1.38. The number of anilines is 2. The average molecular weight is 527 g/mol. The van der Waals surface area contributed by atoms with E-state index in [1.807, 2.05) is 49.4 Å². The van der Waals surface area contributed by atoms with Crippen LogP contribution in [0.25, 0.3) is 0 Å². The Hall–Kier alpha value is -4.68. The molecule has 0 spiro atoms. The molecule has 3 aromatic rings. The monoisotopic (exact) mass is 526 g/mol. The Bertz CT molecular complexity index is 1370. The van der Waals surface area contributed by atoms with Crippen LogP contribution < -0.4 is 15.0 Å². The smallest absolute Gasteiger partial charge is 0.317 e. The Balaban J connectivity index is 1.51. The molecule has 1 atom stereocenters. The van der Waals surface area contributed by atoms with Crippen molar-refractivity contribution < 1.29 is 24.2 Å². The van der Waals surface area contributed by atoms with Gasteiger partial charge in [-0.3, -0.25) is 19.3 Å². The standard InChI is InChI=1S/C30H30N4O5/c1-2-33(19-29(36)37)18-24(14-21-6-4-3-5-7-21)30(38)32-25-12-13-26-27(15-25)39-20-28(35)34(26)17-23-10-8-22(16-31)9-11-23/h3-13,15,24H,2,14,17-20H2,1H3,(H,32,38)(H,36,37). The zero-order valence-corrected chi connectivity index (χ0v) is 21.7. The average Bonchev–Trinajstić information content (AvgIpc) is 2.94. The molecule has 0 aliphatic carbocycles. The van der Waals surface area contributed by atoms with Crippen molar-refractivity contribution in [2.24, 2.45) is 5.92 Å². The van der Waals surface area contributed by atoms with Crippen molar-refractivity contribution in [3.05, 3.63) is 89.5 Å². The van der Waals surface area contributed by atoms with Crippen LogP contribution in [0.2, 0.25) is 0 Å². The molecule has 1 unspecified atom stereocenters. The van der Waals surface area contributed by atoms with Crippen LogP contribution in [0, 0.1) is 17.2 Å². The molecule has 3 aromatic carbocycles. The SMILES string of the molecule is CCN(CC(=O)O)CC(Cc1ccccc1)C(=O)Nc1ccc2c(c1)OCC(=O)N2Cc1ccc(C#N)cc1. The number of ether oxygens (including phenoxy) is 1. The predicted octanol–water partition coefficient (Wildman–Crippen LogP) is 3.69. The number of carbonyl (C=O) groups excluding carboxylic acids is 2. The van der Waals surface area contributed by atoms with Crippen molar-refractivity contribution in [3.63, 3.8) is 0 Å². The minimum Gasteiger partial charge on any atom is -0.481 e. The Morgan fingerprint density at radius 1 is 1.10 bits per heavy atom. The lowest BCUT2D eigenvalue weighted by Gasteiger charge is -2.30. The van der Waals surface area contributed by atoms with Gasteiger partial charge in [0.25, 0.3) is 5.91 Å². The van der Waals surface area contributed by atoms with Gasteiger partial charge in [-0.15, -0.1) is 0 Å². The van der Waals surface area contributed by atoms with Crippen LogP contribution in [-0.4, -0.2) is 54.0 Å². The van der Waals surface area contributed by atoms with Crippen LogP contribution in [0.3, 0.4) is 0 Å². The third-order valence-electron chi connectivity index (χ3n) is 6.57. The summed E-state index contributed by atoms with van der Waals surface area (Å²) in [7, 11) is 0. The first kappa shape index (κ1) is 27.4. The molecule has 2 N–H and O–H groups in total. The van der Waals surface area contributed by atoms with E-state index in [2.05, 4.69) is 11.4 Å². The van der Waals surface area contributed by atoms with E-state index in [1.165, 1.54) is 0 Å². The quantitative estimate of drug-likeness (QED) is 0.391. The number of likely N-dealkylation sites (N-methyl/N-ethyl adjacent to an activating group) is 1. The summed E-state index contributed by atoms with van der Waals surface area (Å²) < 4.78 is 5.69. The number of benzene rings is 3. The van der Waals surface area contributed by atoms with Crippen LogP contribution in [0.5, 0.6) is 5.75 Å². The van der Waals surface area contributed by atoms with E-state index in [0.717, 1.165) is 11.1 Å². The van der Waals surface area contributed by atoms with Crippen molar-refractivity contribution in [1.29, 1.82) is 5.26 Å². The van der Waals surface area contributed by atoms with Gasteiger partial charge in [0.2, 0.25) is 5.91 Å². The minimum absolute atomic E-state index is 0.127. The van der Waals surface area contributed by atoms with Crippen LogP contribution >= 0.6 is 0 Å². The topological polar surface area (TPSA) is 123 Å². The number of amides is 2. The third kappa shape index (κ3) is 7.21. The number of nitrogens with one attached hydrogen (secondary N) is 1. The molecule has 4 rings (SSSR count). The zero-order valence-electron chi connectivity index (χ0n) is 21.7. The summed E-state index contributed by atoms with van der Waals surface area (Å²) in [5.41, 5.74) is 3.51. The van der Waals surface area contributed by atoms with Gasteiger partial charge in [0, 0.05) is 18.3 Å². The number of nitrogens with zero attached hydrogens (tertiary/aromatic N) is 3. The molecular weight excluding hydrogens is 496 g/mol. The number of carboxylic acids is 1. The number of hydrogen-bond donors (Lipinski definition) is 2. The first-order valence-electron chi connectivity index (χ1n) is 12.7. The number of hydrogen-bond acceptors (Lipinski definition) is 6. The van der Waals surface area contributed by atoms with Crippen LogP contribution in [0.15, 0.2) is 72.8 Å². The van der Waals surface area contributed by atoms with Gasteiger partial charge in [0.15, 0.2) is 6.61 Å². The van der Waals surface area contributed by atoms with Crippen LogP contribution in [0.1, 0.15) is 23.6 Å². The molecule has 0 radical (unpaired) electrons. The summed E-state index contributed by atoms with van der Waals surface area (Å²) in [4.78, 5) is 40.7. The molecule has 1 aliphatic rings. The largest absolute Gasteiger partial charge is 0.481 e. The fraction of sp³-hybridized carbons (Fsp3) is 0.267. The number of rotatable bonds is 11. The van der Waals surface area contributed by atoms with Gasteiger partial charge in [0.1, 0.15) is 5.75 Å². The minimum atomic E-state index is -0.942. The molecule has 9 heteroatoms. The molecule has 0 bridgehead atoms. The van der Waals surface area contributed by atoms with E-state index in [1.54, 1.807) is 40.1 Å². The highest BCUT2D eigenvalue weighted by molar-refractivity contribution is 5.99. The fourth-order valence-electron chi connectivity index (χ4n) is 4.51. The molecule has 0 saturated carbocycles. The maximum atomic E-state index is 13.4. The second-order valence-electron chi connectivity index (χ2n) is 9.36. The highest BCUT2D eigenvalue weighted by Crippen LogP contribution is 2.35. The number of fused-ring (bicyclic) bond motifs is 1. The van der Waals surface area contributed by atoms with Crippen molar-refractivity contribution in [1.82, 2.24) is 4.90 Å². The summed E-state index contributed by atoms with van der Waals surface area (Å²) in [6.45, 7) is 2.70. The van der Waals surface area contributed by atoms with Gasteiger partial charge in [-0.25, -0.2) is 0 Å². The summed E-state index contributed by atoms with van der Waals surface area (Å²) in [6.07, 6.45) is 0.455. The summed E-state index contributed by atoms with van der Waals surface area (Å²) >= 11 is 0. The molecule has 200 valence electrons. The van der Waals surface area contributed by atoms with Gasteiger partial charge in [-0.1, -0.05) is 49.4 Å². The van der Waals surface area contributed by atoms with Crippen molar-refractivity contribution in [2.75, 3.05) is 36.5 Å². The number of aliphatic carboxylic acids is 1. The second kappa shape index (κ2) is 12.7. The van der Waals surface area contributed by atoms with Crippen LogP contribution in [-0.2, 0) is 27.3 Å². The Morgan fingerprint density at radius 2 is 1.85 bits per heavy atom. The lowest BCUT2D eigenvalue weighted by atomic mass is 9.97. The predicted molar refractivity (Wildman–Crippen MR) is 146 cm³/mol. The highest BCUT2D eigenvalue weighted by Gasteiger charge is 2.27. The number of carbonyl (C=O) groups is 3.